The number of fused-ring (bicyclic) bond motifs is 2. The number of rotatable bonds is 0. The third kappa shape index (κ3) is 1.50. The van der Waals surface area contributed by atoms with Gasteiger partial charge in [0.1, 0.15) is 6.10 Å². The molecule has 0 bridgehead atoms. The second-order valence-electron chi connectivity index (χ2n) is 6.26. The van der Waals surface area contributed by atoms with E-state index in [1.165, 1.54) is 5.57 Å². The molecule has 3 rings (SSSR count). The van der Waals surface area contributed by atoms with Crippen LogP contribution in [-0.4, -0.2) is 23.3 Å². The lowest BCUT2D eigenvalue weighted by atomic mass is 9.60. The number of esters is 1. The highest BCUT2D eigenvalue weighted by Gasteiger charge is 2.50. The maximum atomic E-state index is 11.6. The van der Waals surface area contributed by atoms with Gasteiger partial charge in [-0.05, 0) is 43.6 Å². The van der Waals surface area contributed by atoms with Gasteiger partial charge in [0.15, 0.2) is 0 Å². The zero-order valence-electron chi connectivity index (χ0n) is 11.0. The van der Waals surface area contributed by atoms with Gasteiger partial charge in [0.2, 0.25) is 0 Å². The number of hydrogen-bond acceptors (Lipinski definition) is 3. The Morgan fingerprint density at radius 1 is 1.50 bits per heavy atom. The van der Waals surface area contributed by atoms with E-state index in [1.54, 1.807) is 0 Å². The molecular formula is C15H20O3. The van der Waals surface area contributed by atoms with Gasteiger partial charge in [-0.15, -0.1) is 0 Å². The van der Waals surface area contributed by atoms with Crippen molar-refractivity contribution < 1.29 is 14.6 Å². The molecule has 2 aliphatic carbocycles. The molecule has 1 saturated carbocycles. The molecule has 98 valence electrons. The van der Waals surface area contributed by atoms with Gasteiger partial charge in [-0.1, -0.05) is 19.1 Å². The summed E-state index contributed by atoms with van der Waals surface area (Å²) in [5.41, 5.74) is 3.15. The van der Waals surface area contributed by atoms with E-state index in [4.69, 9.17) is 4.74 Å². The monoisotopic (exact) mass is 248 g/mol. The van der Waals surface area contributed by atoms with Gasteiger partial charge < -0.3 is 9.84 Å². The van der Waals surface area contributed by atoms with Crippen LogP contribution in [0.5, 0.6) is 0 Å². The molecule has 3 nitrogen and oxygen atoms in total. The van der Waals surface area contributed by atoms with E-state index < -0.39 is 0 Å². The molecule has 0 aromatic heterocycles. The van der Waals surface area contributed by atoms with Gasteiger partial charge in [-0.3, -0.25) is 0 Å². The minimum Gasteiger partial charge on any atom is -0.458 e. The molecular weight excluding hydrogens is 228 g/mol. The Labute approximate surface area is 108 Å². The van der Waals surface area contributed by atoms with E-state index in [-0.39, 0.29) is 29.5 Å². The van der Waals surface area contributed by atoms with Crippen molar-refractivity contribution in [3.8, 4) is 0 Å². The summed E-state index contributed by atoms with van der Waals surface area (Å²) in [5, 5.41) is 10.0. The van der Waals surface area contributed by atoms with E-state index in [1.807, 2.05) is 6.92 Å². The van der Waals surface area contributed by atoms with Gasteiger partial charge >= 0.3 is 5.97 Å². The summed E-state index contributed by atoms with van der Waals surface area (Å²) < 4.78 is 5.43. The lowest BCUT2D eigenvalue weighted by Crippen LogP contribution is -2.40. The fraction of sp³-hybridized carbons (Fsp3) is 0.667. The van der Waals surface area contributed by atoms with Crippen molar-refractivity contribution in [3.05, 3.63) is 23.3 Å². The minimum absolute atomic E-state index is 0.00166. The van der Waals surface area contributed by atoms with Crippen LogP contribution in [0.2, 0.25) is 0 Å². The largest absolute Gasteiger partial charge is 0.458 e. The Balaban J connectivity index is 2.00. The first-order valence-corrected chi connectivity index (χ1v) is 6.70. The topological polar surface area (TPSA) is 46.5 Å². The fourth-order valence-electron chi connectivity index (χ4n) is 3.91. The highest BCUT2D eigenvalue weighted by atomic mass is 16.6. The first kappa shape index (κ1) is 12.0. The summed E-state index contributed by atoms with van der Waals surface area (Å²) >= 11 is 0. The molecule has 18 heavy (non-hydrogen) atoms. The molecule has 2 fully saturated rings. The summed E-state index contributed by atoms with van der Waals surface area (Å²) in [6.45, 7) is 8.13. The molecule has 0 unspecified atom stereocenters. The lowest BCUT2D eigenvalue weighted by Gasteiger charge is -2.46. The molecule has 1 heterocycles. The predicted octanol–water partition coefficient (Wildman–Crippen LogP) is 2.36. The van der Waals surface area contributed by atoms with E-state index in [2.05, 4.69) is 13.5 Å². The highest BCUT2D eigenvalue weighted by Crippen LogP contribution is 2.54. The van der Waals surface area contributed by atoms with Crippen molar-refractivity contribution in [1.82, 2.24) is 0 Å². The third-order valence-electron chi connectivity index (χ3n) is 5.17. The number of allylic oxidation sites excluding steroid dienone is 1. The summed E-state index contributed by atoms with van der Waals surface area (Å²) in [6.07, 6.45) is 3.19. The molecule has 0 amide bonds. The van der Waals surface area contributed by atoms with E-state index in [0.29, 0.717) is 5.57 Å². The standard InChI is InChI=1S/C15H20O3/c1-8-10-6-11-9(2)12(16)4-5-15(11,3)7-13(10)18-14(8)17/h10,12-13,16H,1,4-7H2,2-3H3/t10-,12-,13-,15-/m0/s1. The van der Waals surface area contributed by atoms with Crippen LogP contribution in [0.15, 0.2) is 23.3 Å². The third-order valence-corrected chi connectivity index (χ3v) is 5.17. The summed E-state index contributed by atoms with van der Waals surface area (Å²) in [4.78, 5) is 11.6. The number of carbonyl (C=O) groups excluding carboxylic acids is 1. The SMILES string of the molecule is C=C1C(=O)O[C@H]2C[C@]3(C)CC[C@H](O)C(C)=C3C[C@@H]12. The van der Waals surface area contributed by atoms with Crippen molar-refractivity contribution in [2.45, 2.75) is 51.7 Å². The maximum Gasteiger partial charge on any atom is 0.334 e. The molecule has 0 radical (unpaired) electrons. The van der Waals surface area contributed by atoms with Gasteiger partial charge in [0, 0.05) is 11.5 Å². The fourth-order valence-corrected chi connectivity index (χ4v) is 3.91. The second kappa shape index (κ2) is 3.70. The average Bonchev–Trinajstić information content (AvgIpc) is 2.58. The van der Waals surface area contributed by atoms with Crippen molar-refractivity contribution in [2.24, 2.45) is 11.3 Å². The molecule has 1 N–H and O–H groups in total. The van der Waals surface area contributed by atoms with E-state index in [0.717, 1.165) is 31.3 Å². The van der Waals surface area contributed by atoms with Crippen LogP contribution in [-0.2, 0) is 9.53 Å². The first-order chi connectivity index (χ1) is 8.42. The number of aliphatic hydroxyl groups excluding tert-OH is 1. The van der Waals surface area contributed by atoms with Crippen molar-refractivity contribution in [3.63, 3.8) is 0 Å². The molecule has 4 atom stereocenters. The van der Waals surface area contributed by atoms with Crippen LogP contribution in [0.1, 0.15) is 39.5 Å². The smallest absolute Gasteiger partial charge is 0.334 e. The molecule has 0 aromatic rings. The number of aliphatic hydroxyl groups is 1. The maximum absolute atomic E-state index is 11.6. The Morgan fingerprint density at radius 2 is 2.22 bits per heavy atom. The number of carbonyl (C=O) groups is 1. The van der Waals surface area contributed by atoms with Crippen LogP contribution >= 0.6 is 0 Å². The summed E-state index contributed by atoms with van der Waals surface area (Å²) in [6, 6.07) is 0. The molecule has 0 aromatic carbocycles. The van der Waals surface area contributed by atoms with Crippen molar-refractivity contribution >= 4 is 5.97 Å². The van der Waals surface area contributed by atoms with Gasteiger partial charge in [0.25, 0.3) is 0 Å². The zero-order valence-corrected chi connectivity index (χ0v) is 11.0. The van der Waals surface area contributed by atoms with Gasteiger partial charge in [0.05, 0.1) is 6.10 Å². The predicted molar refractivity (Wildman–Crippen MR) is 67.8 cm³/mol. The van der Waals surface area contributed by atoms with E-state index >= 15 is 0 Å². The second-order valence-corrected chi connectivity index (χ2v) is 6.26. The number of ether oxygens (including phenoxy) is 1. The Kier molecular flexibility index (Phi) is 2.46. The Morgan fingerprint density at radius 3 is 2.94 bits per heavy atom. The molecule has 3 aliphatic rings. The molecule has 3 heteroatoms. The Bertz CT molecular complexity index is 462. The minimum atomic E-state index is -0.309. The van der Waals surface area contributed by atoms with Crippen LogP contribution in [0.25, 0.3) is 0 Å². The summed E-state index contributed by atoms with van der Waals surface area (Å²) in [5.74, 6) is -0.105. The van der Waals surface area contributed by atoms with Crippen LogP contribution in [0.4, 0.5) is 0 Å². The quantitative estimate of drug-likeness (QED) is 0.406. The van der Waals surface area contributed by atoms with Gasteiger partial charge in [-0.25, -0.2) is 4.79 Å². The lowest BCUT2D eigenvalue weighted by molar-refractivity contribution is -0.140. The first-order valence-electron chi connectivity index (χ1n) is 6.70. The average molecular weight is 248 g/mol. The van der Waals surface area contributed by atoms with Crippen LogP contribution in [0, 0.1) is 11.3 Å². The highest BCUT2D eigenvalue weighted by molar-refractivity contribution is 5.91. The van der Waals surface area contributed by atoms with Crippen LogP contribution < -0.4 is 0 Å². The van der Waals surface area contributed by atoms with E-state index in [9.17, 15) is 9.90 Å². The van der Waals surface area contributed by atoms with Crippen molar-refractivity contribution in [1.29, 1.82) is 0 Å². The Hall–Kier alpha value is -1.09. The van der Waals surface area contributed by atoms with Crippen LogP contribution in [0.3, 0.4) is 0 Å². The summed E-state index contributed by atoms with van der Waals surface area (Å²) in [7, 11) is 0. The number of hydrogen-bond donors (Lipinski definition) is 1. The zero-order chi connectivity index (χ0) is 13.1. The van der Waals surface area contributed by atoms with Gasteiger partial charge in [-0.2, -0.15) is 0 Å². The molecule has 1 saturated heterocycles. The molecule has 0 spiro atoms. The van der Waals surface area contributed by atoms with Crippen molar-refractivity contribution in [2.75, 3.05) is 0 Å². The molecule has 1 aliphatic heterocycles. The normalized spacial score (nSPS) is 43.6.